The minimum atomic E-state index is -0.499. The van der Waals surface area contributed by atoms with Crippen LogP contribution in [0.3, 0.4) is 0 Å². The summed E-state index contributed by atoms with van der Waals surface area (Å²) in [5.74, 6) is 0.186. The molecule has 2 N–H and O–H groups in total. The molecular weight excluding hydrogens is 406 g/mol. The zero-order valence-electron chi connectivity index (χ0n) is 18.1. The summed E-state index contributed by atoms with van der Waals surface area (Å²) >= 11 is 0. The summed E-state index contributed by atoms with van der Waals surface area (Å²) < 4.78 is 6.02. The molecule has 4 rings (SSSR count). The highest BCUT2D eigenvalue weighted by atomic mass is 16.4. The maximum atomic E-state index is 13.3. The van der Waals surface area contributed by atoms with Crippen LogP contribution in [-0.4, -0.2) is 29.2 Å². The van der Waals surface area contributed by atoms with Crippen molar-refractivity contribution in [3.63, 3.8) is 0 Å². The molecule has 7 nitrogen and oxygen atoms in total. The third kappa shape index (κ3) is 4.01. The molecule has 7 heteroatoms. The number of anilines is 1. The van der Waals surface area contributed by atoms with Crippen LogP contribution in [0.1, 0.15) is 57.6 Å². The Morgan fingerprint density at radius 3 is 2.53 bits per heavy atom. The number of rotatable bonds is 5. The summed E-state index contributed by atoms with van der Waals surface area (Å²) in [6.07, 6.45) is 2.15. The van der Waals surface area contributed by atoms with Crippen LogP contribution in [-0.2, 0) is 6.42 Å². The molecule has 1 aliphatic carbocycles. The van der Waals surface area contributed by atoms with Gasteiger partial charge < -0.3 is 14.4 Å². The Morgan fingerprint density at radius 1 is 1.09 bits per heavy atom. The van der Waals surface area contributed by atoms with E-state index in [4.69, 9.17) is 4.42 Å². The molecule has 1 heterocycles. The number of aryl methyl sites for hydroxylation is 1. The van der Waals surface area contributed by atoms with Crippen LogP contribution in [0.15, 0.2) is 64.1 Å². The number of phenols is 1. The molecule has 1 aromatic heterocycles. The van der Waals surface area contributed by atoms with Gasteiger partial charge in [-0.3, -0.25) is 9.59 Å². The van der Waals surface area contributed by atoms with Gasteiger partial charge in [-0.2, -0.15) is 5.10 Å². The third-order valence-electron chi connectivity index (χ3n) is 5.59. The van der Waals surface area contributed by atoms with Gasteiger partial charge in [0.1, 0.15) is 11.5 Å². The lowest BCUT2D eigenvalue weighted by Gasteiger charge is -2.20. The Morgan fingerprint density at radius 2 is 1.81 bits per heavy atom. The first-order valence-corrected chi connectivity index (χ1v) is 10.7. The predicted molar refractivity (Wildman–Crippen MR) is 122 cm³/mol. The average molecular weight is 431 g/mol. The number of carbonyl (C=O) groups is 2. The molecule has 0 saturated carbocycles. The van der Waals surface area contributed by atoms with Gasteiger partial charge in [-0.1, -0.05) is 30.3 Å². The van der Waals surface area contributed by atoms with Gasteiger partial charge in [0.15, 0.2) is 5.76 Å². The highest BCUT2D eigenvalue weighted by Gasteiger charge is 2.30. The predicted octanol–water partition coefficient (Wildman–Crippen LogP) is 4.43. The number of benzene rings is 2. The molecular formula is C25H25N3O4. The number of furan rings is 1. The van der Waals surface area contributed by atoms with E-state index in [1.54, 1.807) is 17.0 Å². The van der Waals surface area contributed by atoms with Crippen molar-refractivity contribution in [1.29, 1.82) is 0 Å². The number of amides is 2. The molecule has 0 fully saturated rings. The van der Waals surface area contributed by atoms with Crippen LogP contribution in [0.25, 0.3) is 0 Å². The molecule has 1 aliphatic rings. The monoisotopic (exact) mass is 431 g/mol. The first-order valence-electron chi connectivity index (χ1n) is 10.7. The van der Waals surface area contributed by atoms with Crippen LogP contribution in [0, 0.1) is 6.92 Å². The molecule has 0 atom stereocenters. The van der Waals surface area contributed by atoms with Gasteiger partial charge in [-0.25, -0.2) is 5.43 Å². The molecule has 0 aliphatic heterocycles. The van der Waals surface area contributed by atoms with Crippen molar-refractivity contribution in [1.82, 2.24) is 5.43 Å². The standard InChI is InChI=1S/C25H25N3O4/c1-3-28(17-10-5-4-6-11-17)25(31)23-16(2)22-19(13-9-15-21(22)32-23)26-27-24(30)18-12-7-8-14-20(18)29/h4-8,10-12,14,29H,3,9,13,15H2,1-2H3,(H,27,30)/b26-19+. The van der Waals surface area contributed by atoms with Crippen LogP contribution < -0.4 is 10.3 Å². The molecule has 0 unspecified atom stereocenters. The fraction of sp³-hybridized carbons (Fsp3) is 0.240. The van der Waals surface area contributed by atoms with E-state index in [9.17, 15) is 14.7 Å². The zero-order chi connectivity index (χ0) is 22.7. The van der Waals surface area contributed by atoms with Gasteiger partial charge in [-0.15, -0.1) is 0 Å². The minimum absolute atomic E-state index is 0.109. The Hall–Kier alpha value is -3.87. The molecule has 0 spiro atoms. The Labute approximate surface area is 186 Å². The van der Waals surface area contributed by atoms with Gasteiger partial charge in [0, 0.05) is 29.8 Å². The van der Waals surface area contributed by atoms with Crippen molar-refractivity contribution in [2.24, 2.45) is 5.10 Å². The highest BCUT2D eigenvalue weighted by Crippen LogP contribution is 2.31. The summed E-state index contributed by atoms with van der Waals surface area (Å²) in [7, 11) is 0. The second-order valence-electron chi connectivity index (χ2n) is 7.61. The second kappa shape index (κ2) is 9.09. The van der Waals surface area contributed by atoms with Crippen molar-refractivity contribution in [3.05, 3.63) is 82.8 Å². The molecule has 0 saturated heterocycles. The van der Waals surface area contributed by atoms with E-state index in [1.165, 1.54) is 12.1 Å². The van der Waals surface area contributed by atoms with Crippen molar-refractivity contribution >= 4 is 23.2 Å². The summed E-state index contributed by atoms with van der Waals surface area (Å²) in [6.45, 7) is 4.27. The molecule has 0 bridgehead atoms. The van der Waals surface area contributed by atoms with Crippen molar-refractivity contribution in [2.75, 3.05) is 11.4 Å². The average Bonchev–Trinajstić information content (AvgIpc) is 3.16. The molecule has 164 valence electrons. The smallest absolute Gasteiger partial charge is 0.294 e. The summed E-state index contributed by atoms with van der Waals surface area (Å²) in [5, 5.41) is 14.2. The van der Waals surface area contributed by atoms with E-state index >= 15 is 0 Å². The fourth-order valence-electron chi connectivity index (χ4n) is 4.00. The number of nitrogens with zero attached hydrogens (tertiary/aromatic N) is 2. The number of phenolic OH excluding ortho intramolecular Hbond substituents is 1. The Balaban J connectivity index is 1.63. The third-order valence-corrected chi connectivity index (χ3v) is 5.59. The van der Waals surface area contributed by atoms with Crippen LogP contribution >= 0.6 is 0 Å². The highest BCUT2D eigenvalue weighted by molar-refractivity contribution is 6.10. The van der Waals surface area contributed by atoms with E-state index in [-0.39, 0.29) is 17.2 Å². The quantitative estimate of drug-likeness (QED) is 0.584. The van der Waals surface area contributed by atoms with E-state index in [2.05, 4.69) is 10.5 Å². The minimum Gasteiger partial charge on any atom is -0.507 e. The van der Waals surface area contributed by atoms with Gasteiger partial charge in [0.25, 0.3) is 11.8 Å². The largest absolute Gasteiger partial charge is 0.507 e. The number of hydrazone groups is 1. The maximum Gasteiger partial charge on any atom is 0.294 e. The van der Waals surface area contributed by atoms with Crippen LogP contribution in [0.4, 0.5) is 5.69 Å². The first-order chi connectivity index (χ1) is 15.5. The molecule has 3 aromatic rings. The SMILES string of the molecule is CCN(C(=O)c1oc2c(c1C)/C(=N/NC(=O)c1ccccc1O)CCC2)c1ccccc1. The van der Waals surface area contributed by atoms with E-state index in [0.717, 1.165) is 23.2 Å². The topological polar surface area (TPSA) is 95.1 Å². The molecule has 2 aromatic carbocycles. The van der Waals surface area contributed by atoms with E-state index < -0.39 is 5.91 Å². The molecule has 32 heavy (non-hydrogen) atoms. The lowest BCUT2D eigenvalue weighted by Crippen LogP contribution is -2.30. The number of nitrogens with one attached hydrogen (secondary N) is 1. The van der Waals surface area contributed by atoms with Crippen molar-refractivity contribution in [3.8, 4) is 5.75 Å². The Kier molecular flexibility index (Phi) is 6.07. The van der Waals surface area contributed by atoms with E-state index in [1.807, 2.05) is 44.2 Å². The van der Waals surface area contributed by atoms with Crippen molar-refractivity contribution in [2.45, 2.75) is 33.1 Å². The number of fused-ring (bicyclic) bond motifs is 1. The number of aromatic hydroxyl groups is 1. The lowest BCUT2D eigenvalue weighted by atomic mass is 9.93. The lowest BCUT2D eigenvalue weighted by molar-refractivity contribution is 0.0947. The maximum absolute atomic E-state index is 13.3. The summed E-state index contributed by atoms with van der Waals surface area (Å²) in [5.41, 5.74) is 5.64. The van der Waals surface area contributed by atoms with E-state index in [0.29, 0.717) is 36.6 Å². The second-order valence-corrected chi connectivity index (χ2v) is 7.61. The van der Waals surface area contributed by atoms with Gasteiger partial charge in [0.2, 0.25) is 0 Å². The number of hydrogen-bond donors (Lipinski definition) is 2. The zero-order valence-corrected chi connectivity index (χ0v) is 18.1. The normalized spacial score (nSPS) is 14.1. The molecule has 0 radical (unpaired) electrons. The van der Waals surface area contributed by atoms with Gasteiger partial charge >= 0.3 is 0 Å². The van der Waals surface area contributed by atoms with Crippen molar-refractivity contribution < 1.29 is 19.1 Å². The summed E-state index contributed by atoms with van der Waals surface area (Å²) in [4.78, 5) is 27.4. The van der Waals surface area contributed by atoms with Gasteiger partial charge in [-0.05, 0) is 51.0 Å². The number of carbonyl (C=O) groups excluding carboxylic acids is 2. The van der Waals surface area contributed by atoms with Crippen LogP contribution in [0.5, 0.6) is 5.75 Å². The molecule has 2 amide bonds. The Bertz CT molecular complexity index is 1180. The first kappa shape index (κ1) is 21.4. The fourth-order valence-corrected chi connectivity index (χ4v) is 4.00. The van der Waals surface area contributed by atoms with Gasteiger partial charge in [0.05, 0.1) is 11.3 Å². The van der Waals surface area contributed by atoms with Crippen LogP contribution in [0.2, 0.25) is 0 Å². The number of hydrogen-bond acceptors (Lipinski definition) is 5. The summed E-state index contributed by atoms with van der Waals surface area (Å²) in [6, 6.07) is 15.8. The number of para-hydroxylation sites is 2.